The van der Waals surface area contributed by atoms with Crippen molar-refractivity contribution in [3.05, 3.63) is 71.0 Å². The second-order valence-electron chi connectivity index (χ2n) is 5.93. The van der Waals surface area contributed by atoms with E-state index in [0.29, 0.717) is 17.7 Å². The van der Waals surface area contributed by atoms with Crippen molar-refractivity contribution in [3.63, 3.8) is 0 Å². The van der Waals surface area contributed by atoms with Gasteiger partial charge >= 0.3 is 0 Å². The minimum absolute atomic E-state index is 0.0565. The zero-order valence-electron chi connectivity index (χ0n) is 14.6. The van der Waals surface area contributed by atoms with Crippen molar-refractivity contribution in [2.45, 2.75) is 6.42 Å². The van der Waals surface area contributed by atoms with Crippen molar-refractivity contribution in [2.24, 2.45) is 4.99 Å². The quantitative estimate of drug-likeness (QED) is 0.805. The predicted molar refractivity (Wildman–Crippen MR) is 101 cm³/mol. The maximum Gasteiger partial charge on any atom is 0.259 e. The molecular formula is C21H20FN3O. The molecule has 26 heavy (non-hydrogen) atoms. The Bertz CT molecular complexity index is 878. The van der Waals surface area contributed by atoms with Gasteiger partial charge in [-0.15, -0.1) is 0 Å². The van der Waals surface area contributed by atoms with Crippen LogP contribution in [0.1, 0.15) is 27.9 Å². The lowest BCUT2D eigenvalue weighted by atomic mass is 10.1. The number of halogens is 1. The summed E-state index contributed by atoms with van der Waals surface area (Å²) in [7, 11) is 1.71. The van der Waals surface area contributed by atoms with Crippen molar-refractivity contribution in [1.29, 1.82) is 0 Å². The van der Waals surface area contributed by atoms with Gasteiger partial charge in [0.25, 0.3) is 5.91 Å². The Morgan fingerprint density at radius 2 is 1.88 bits per heavy atom. The molecule has 0 bridgehead atoms. The SMILES string of the molecule is CN=C1CCNCCN1C(=O)c1ccc(C#Cc2cccc(F)c2)cc1. The molecule has 3 rings (SSSR count). The lowest BCUT2D eigenvalue weighted by Crippen LogP contribution is -2.38. The fourth-order valence-corrected chi connectivity index (χ4v) is 2.79. The summed E-state index contributed by atoms with van der Waals surface area (Å²) in [5, 5.41) is 3.27. The third-order valence-corrected chi connectivity index (χ3v) is 4.16. The predicted octanol–water partition coefficient (Wildman–Crippen LogP) is 2.69. The number of nitrogens with one attached hydrogen (secondary N) is 1. The van der Waals surface area contributed by atoms with E-state index in [1.54, 1.807) is 48.3 Å². The molecule has 5 heteroatoms. The lowest BCUT2D eigenvalue weighted by molar-refractivity contribution is 0.0849. The first kappa shape index (κ1) is 17.8. The Balaban J connectivity index is 1.76. The number of nitrogens with zero attached hydrogens (tertiary/aromatic N) is 2. The van der Waals surface area contributed by atoms with Crippen LogP contribution >= 0.6 is 0 Å². The largest absolute Gasteiger partial charge is 0.315 e. The summed E-state index contributed by atoms with van der Waals surface area (Å²) < 4.78 is 13.2. The molecule has 1 amide bonds. The normalized spacial score (nSPS) is 15.9. The second-order valence-corrected chi connectivity index (χ2v) is 5.93. The molecule has 0 unspecified atom stereocenters. The van der Waals surface area contributed by atoms with Crippen molar-refractivity contribution in [1.82, 2.24) is 10.2 Å². The molecule has 0 atom stereocenters. The zero-order valence-corrected chi connectivity index (χ0v) is 14.6. The van der Waals surface area contributed by atoms with Gasteiger partial charge in [-0.3, -0.25) is 14.7 Å². The van der Waals surface area contributed by atoms with Crippen molar-refractivity contribution >= 4 is 11.7 Å². The maximum absolute atomic E-state index is 13.2. The molecule has 1 N–H and O–H groups in total. The summed E-state index contributed by atoms with van der Waals surface area (Å²) in [6.07, 6.45) is 0.736. The van der Waals surface area contributed by atoms with E-state index in [0.717, 1.165) is 30.9 Å². The van der Waals surface area contributed by atoms with Gasteiger partial charge in [0.15, 0.2) is 0 Å². The highest BCUT2D eigenvalue weighted by Crippen LogP contribution is 2.11. The molecule has 1 saturated heterocycles. The van der Waals surface area contributed by atoms with E-state index in [1.165, 1.54) is 12.1 Å². The van der Waals surface area contributed by atoms with Crippen molar-refractivity contribution in [3.8, 4) is 11.8 Å². The summed E-state index contributed by atoms with van der Waals surface area (Å²) in [5.41, 5.74) is 1.99. The van der Waals surface area contributed by atoms with Gasteiger partial charge in [0.2, 0.25) is 0 Å². The Kier molecular flexibility index (Phi) is 5.77. The van der Waals surface area contributed by atoms with Crippen LogP contribution in [0.2, 0.25) is 0 Å². The standard InChI is InChI=1S/C21H20FN3O/c1-23-20-11-12-24-13-14-25(20)21(26)18-9-7-16(8-10-18)5-6-17-3-2-4-19(22)15-17/h2-4,7-10,15,24H,11-14H2,1H3. The van der Waals surface area contributed by atoms with E-state index in [-0.39, 0.29) is 11.7 Å². The lowest BCUT2D eigenvalue weighted by Gasteiger charge is -2.21. The van der Waals surface area contributed by atoms with E-state index >= 15 is 0 Å². The van der Waals surface area contributed by atoms with Crippen molar-refractivity contribution in [2.75, 3.05) is 26.7 Å². The smallest absolute Gasteiger partial charge is 0.259 e. The molecule has 4 nitrogen and oxygen atoms in total. The van der Waals surface area contributed by atoms with E-state index in [9.17, 15) is 9.18 Å². The number of amidine groups is 1. The van der Waals surface area contributed by atoms with Gasteiger partial charge in [-0.05, 0) is 42.5 Å². The number of benzene rings is 2. The Labute approximate surface area is 152 Å². The monoisotopic (exact) mass is 349 g/mol. The molecular weight excluding hydrogens is 329 g/mol. The van der Waals surface area contributed by atoms with E-state index in [1.807, 2.05) is 0 Å². The van der Waals surface area contributed by atoms with Gasteiger partial charge < -0.3 is 5.32 Å². The minimum atomic E-state index is -0.307. The molecule has 0 aromatic heterocycles. The fraction of sp³-hybridized carbons (Fsp3) is 0.238. The average molecular weight is 349 g/mol. The van der Waals surface area contributed by atoms with Gasteiger partial charge in [-0.1, -0.05) is 17.9 Å². The molecule has 1 heterocycles. The first-order chi connectivity index (χ1) is 12.7. The molecule has 1 aliphatic heterocycles. The zero-order chi connectivity index (χ0) is 18.4. The fourth-order valence-electron chi connectivity index (χ4n) is 2.79. The summed E-state index contributed by atoms with van der Waals surface area (Å²) in [6, 6.07) is 13.3. The Morgan fingerprint density at radius 1 is 1.12 bits per heavy atom. The van der Waals surface area contributed by atoms with Crippen LogP contribution in [-0.2, 0) is 0 Å². The van der Waals surface area contributed by atoms with Gasteiger partial charge in [-0.2, -0.15) is 0 Å². The summed E-state index contributed by atoms with van der Waals surface area (Å²) in [6.45, 7) is 2.18. The van der Waals surface area contributed by atoms with Crippen LogP contribution in [0.3, 0.4) is 0 Å². The number of rotatable bonds is 1. The van der Waals surface area contributed by atoms with Gasteiger partial charge in [0, 0.05) is 49.8 Å². The highest BCUT2D eigenvalue weighted by atomic mass is 19.1. The topological polar surface area (TPSA) is 44.7 Å². The van der Waals surface area contributed by atoms with Gasteiger partial charge in [0.05, 0.1) is 0 Å². The van der Waals surface area contributed by atoms with Crippen LogP contribution in [-0.4, -0.2) is 43.3 Å². The first-order valence-corrected chi connectivity index (χ1v) is 8.53. The third-order valence-electron chi connectivity index (χ3n) is 4.16. The summed E-state index contributed by atoms with van der Waals surface area (Å²) in [4.78, 5) is 18.8. The molecule has 1 aliphatic rings. The molecule has 0 saturated carbocycles. The highest BCUT2D eigenvalue weighted by molar-refractivity contribution is 6.06. The van der Waals surface area contributed by atoms with E-state index in [4.69, 9.17) is 0 Å². The van der Waals surface area contributed by atoms with E-state index < -0.39 is 0 Å². The van der Waals surface area contributed by atoms with Crippen LogP contribution in [0, 0.1) is 17.7 Å². The number of hydrogen-bond acceptors (Lipinski definition) is 3. The van der Waals surface area contributed by atoms with Crippen LogP contribution in [0.15, 0.2) is 53.5 Å². The molecule has 0 radical (unpaired) electrons. The molecule has 132 valence electrons. The Hall–Kier alpha value is -2.97. The average Bonchev–Trinajstić information content (AvgIpc) is 2.92. The minimum Gasteiger partial charge on any atom is -0.315 e. The molecule has 2 aromatic carbocycles. The summed E-state index contributed by atoms with van der Waals surface area (Å²) >= 11 is 0. The first-order valence-electron chi connectivity index (χ1n) is 8.53. The number of aliphatic imine (C=N–C) groups is 1. The van der Waals surface area contributed by atoms with Crippen molar-refractivity contribution < 1.29 is 9.18 Å². The maximum atomic E-state index is 13.2. The molecule has 2 aromatic rings. The number of carbonyl (C=O) groups excluding carboxylic acids is 1. The highest BCUT2D eigenvalue weighted by Gasteiger charge is 2.22. The van der Waals surface area contributed by atoms with E-state index in [2.05, 4.69) is 22.2 Å². The number of hydrogen-bond donors (Lipinski definition) is 1. The van der Waals surface area contributed by atoms with Crippen LogP contribution in [0.25, 0.3) is 0 Å². The number of carbonyl (C=O) groups is 1. The van der Waals surface area contributed by atoms with Crippen LogP contribution in [0.5, 0.6) is 0 Å². The second kappa shape index (κ2) is 8.41. The van der Waals surface area contributed by atoms with Crippen LogP contribution in [0.4, 0.5) is 4.39 Å². The molecule has 0 spiro atoms. The van der Waals surface area contributed by atoms with Gasteiger partial charge in [-0.25, -0.2) is 4.39 Å². The Morgan fingerprint density at radius 3 is 2.62 bits per heavy atom. The molecule has 1 fully saturated rings. The number of amides is 1. The van der Waals surface area contributed by atoms with Gasteiger partial charge in [0.1, 0.15) is 11.7 Å². The molecule has 0 aliphatic carbocycles. The summed E-state index contributed by atoms with van der Waals surface area (Å²) in [5.74, 6) is 6.35. The third kappa shape index (κ3) is 4.35. The van der Waals surface area contributed by atoms with Crippen LogP contribution < -0.4 is 5.32 Å².